The third kappa shape index (κ3) is 5.72. The fourth-order valence-corrected chi connectivity index (χ4v) is 4.05. The molecule has 0 saturated heterocycles. The van der Waals surface area contributed by atoms with Crippen LogP contribution in [0, 0.1) is 0 Å². The lowest BCUT2D eigenvalue weighted by atomic mass is 10.1. The van der Waals surface area contributed by atoms with E-state index in [4.69, 9.17) is 0 Å². The van der Waals surface area contributed by atoms with Crippen LogP contribution < -0.4 is 5.32 Å². The highest BCUT2D eigenvalue weighted by Crippen LogP contribution is 2.25. The molecular weight excluding hydrogens is 434 g/mol. The van der Waals surface area contributed by atoms with Crippen LogP contribution in [0.1, 0.15) is 29.3 Å². The highest BCUT2D eigenvalue weighted by atomic mass is 32.2. The lowest BCUT2D eigenvalue weighted by Gasteiger charge is -2.10. The van der Waals surface area contributed by atoms with Crippen LogP contribution in [0.5, 0.6) is 0 Å². The van der Waals surface area contributed by atoms with E-state index < -0.39 is 0 Å². The molecule has 2 aromatic carbocycles. The Morgan fingerprint density at radius 2 is 1.67 bits per heavy atom. The minimum Gasteiger partial charge on any atom is -0.326 e. The van der Waals surface area contributed by atoms with Gasteiger partial charge in [-0.15, -0.1) is 10.2 Å². The summed E-state index contributed by atoms with van der Waals surface area (Å²) in [4.78, 5) is 28.4. The molecule has 0 aliphatic carbocycles. The third-order valence-electron chi connectivity index (χ3n) is 4.98. The topological polar surface area (TPSA) is 89.8 Å². The summed E-state index contributed by atoms with van der Waals surface area (Å²) in [6.07, 6.45) is 3.85. The molecule has 0 saturated carbocycles. The molecule has 1 N–H and O–H groups in total. The minimum absolute atomic E-state index is 0.0203. The van der Waals surface area contributed by atoms with Gasteiger partial charge in [-0.3, -0.25) is 19.1 Å². The number of carbonyl (C=O) groups excluding carboxylic acids is 2. The van der Waals surface area contributed by atoms with Crippen molar-refractivity contribution >= 4 is 29.1 Å². The van der Waals surface area contributed by atoms with Gasteiger partial charge in [0, 0.05) is 35.6 Å². The summed E-state index contributed by atoms with van der Waals surface area (Å²) in [5, 5.41) is 12.2. The summed E-state index contributed by atoms with van der Waals surface area (Å²) in [7, 11) is 0. The van der Waals surface area contributed by atoms with E-state index in [0.717, 1.165) is 17.0 Å². The van der Waals surface area contributed by atoms with Gasteiger partial charge in [-0.1, -0.05) is 49.0 Å². The average Bonchev–Trinajstić information content (AvgIpc) is 3.26. The Balaban J connectivity index is 1.51. The van der Waals surface area contributed by atoms with Crippen molar-refractivity contribution in [3.8, 4) is 11.4 Å². The zero-order valence-corrected chi connectivity index (χ0v) is 19.0. The van der Waals surface area contributed by atoms with Gasteiger partial charge in [-0.25, -0.2) is 0 Å². The Labute approximate surface area is 196 Å². The lowest BCUT2D eigenvalue weighted by Crippen LogP contribution is -2.10. The lowest BCUT2D eigenvalue weighted by molar-refractivity contribution is -0.115. The van der Waals surface area contributed by atoms with Gasteiger partial charge in [0.05, 0.1) is 12.3 Å². The number of nitrogens with one attached hydrogen (secondary N) is 1. The Hall–Kier alpha value is -3.78. The zero-order valence-electron chi connectivity index (χ0n) is 18.1. The molecule has 2 aromatic heterocycles. The number of thioether (sulfide) groups is 1. The Morgan fingerprint density at radius 1 is 0.939 bits per heavy atom. The second kappa shape index (κ2) is 10.7. The predicted molar refractivity (Wildman–Crippen MR) is 129 cm³/mol. The molecule has 0 atom stereocenters. The van der Waals surface area contributed by atoms with E-state index in [-0.39, 0.29) is 17.4 Å². The number of aromatic nitrogens is 4. The van der Waals surface area contributed by atoms with Crippen LogP contribution in [0.4, 0.5) is 5.69 Å². The van der Waals surface area contributed by atoms with E-state index in [9.17, 15) is 9.59 Å². The molecule has 0 spiro atoms. The van der Waals surface area contributed by atoms with Crippen molar-refractivity contribution in [1.82, 2.24) is 19.7 Å². The van der Waals surface area contributed by atoms with E-state index in [0.29, 0.717) is 29.4 Å². The summed E-state index contributed by atoms with van der Waals surface area (Å²) in [6.45, 7) is 2.38. The molecule has 2 heterocycles. The largest absolute Gasteiger partial charge is 0.326 e. The normalized spacial score (nSPS) is 10.7. The van der Waals surface area contributed by atoms with Crippen molar-refractivity contribution in [2.75, 3.05) is 11.1 Å². The van der Waals surface area contributed by atoms with E-state index in [1.54, 1.807) is 43.6 Å². The molecule has 0 aliphatic heterocycles. The van der Waals surface area contributed by atoms with Crippen molar-refractivity contribution in [3.63, 3.8) is 0 Å². The van der Waals surface area contributed by atoms with Crippen molar-refractivity contribution in [2.24, 2.45) is 0 Å². The predicted octanol–water partition coefficient (Wildman–Crippen LogP) is 4.71. The highest BCUT2D eigenvalue weighted by Gasteiger charge is 2.17. The molecule has 7 nitrogen and oxygen atoms in total. The molecule has 0 fully saturated rings. The first kappa shape index (κ1) is 22.4. The molecule has 4 aromatic rings. The Bertz CT molecular complexity index is 1220. The fraction of sp³-hybridized carbons (Fsp3) is 0.160. The first-order valence-electron chi connectivity index (χ1n) is 10.6. The second-order valence-corrected chi connectivity index (χ2v) is 8.25. The first-order chi connectivity index (χ1) is 16.1. The number of ketones is 1. The van der Waals surface area contributed by atoms with Crippen LogP contribution in [0.2, 0.25) is 0 Å². The minimum atomic E-state index is -0.0626. The van der Waals surface area contributed by atoms with Crippen LogP contribution in [0.3, 0.4) is 0 Å². The highest BCUT2D eigenvalue weighted by molar-refractivity contribution is 7.99. The van der Waals surface area contributed by atoms with Crippen molar-refractivity contribution < 1.29 is 9.59 Å². The number of Topliss-reactive ketones (excluding diaryl/α,β-unsaturated/α-hetero) is 1. The molecule has 1 amide bonds. The molecule has 0 radical (unpaired) electrons. The Kier molecular flexibility index (Phi) is 7.26. The maximum atomic E-state index is 12.8. The molecule has 0 aliphatic rings. The number of carbonyl (C=O) groups is 2. The molecule has 4 rings (SSSR count). The molecule has 0 bridgehead atoms. The zero-order chi connectivity index (χ0) is 23.0. The number of pyridine rings is 1. The second-order valence-electron chi connectivity index (χ2n) is 7.30. The average molecular weight is 458 g/mol. The van der Waals surface area contributed by atoms with Gasteiger partial charge in [-0.05, 0) is 42.0 Å². The number of nitrogens with zero attached hydrogens (tertiary/aromatic N) is 4. The van der Waals surface area contributed by atoms with E-state index in [2.05, 4.69) is 32.6 Å². The molecule has 33 heavy (non-hydrogen) atoms. The number of hydrogen-bond acceptors (Lipinski definition) is 6. The van der Waals surface area contributed by atoms with Crippen LogP contribution in [-0.2, 0) is 11.3 Å². The standard InChI is InChI=1S/C25H23N5O2S/c1-2-23(32)27-21-10-8-19(9-11-21)22(31)17-33-25-29-28-24(20-12-14-26-15-13-20)30(25)16-18-6-4-3-5-7-18/h3-15H,2,16-17H2,1H3,(H,27,32). The van der Waals surface area contributed by atoms with E-state index in [1.165, 1.54) is 11.8 Å². The number of anilines is 1. The Morgan fingerprint density at radius 3 is 2.36 bits per heavy atom. The first-order valence-corrected chi connectivity index (χ1v) is 11.6. The van der Waals surface area contributed by atoms with Crippen LogP contribution in [0.15, 0.2) is 84.3 Å². The van der Waals surface area contributed by atoms with Gasteiger partial charge >= 0.3 is 0 Å². The van der Waals surface area contributed by atoms with E-state index in [1.807, 2.05) is 34.9 Å². The van der Waals surface area contributed by atoms with E-state index >= 15 is 0 Å². The molecular formula is C25H23N5O2S. The van der Waals surface area contributed by atoms with Gasteiger partial charge < -0.3 is 5.32 Å². The summed E-state index contributed by atoms with van der Waals surface area (Å²) < 4.78 is 2.02. The van der Waals surface area contributed by atoms with Crippen LogP contribution >= 0.6 is 11.8 Å². The van der Waals surface area contributed by atoms with Gasteiger partial charge in [-0.2, -0.15) is 0 Å². The van der Waals surface area contributed by atoms with Crippen LogP contribution in [0.25, 0.3) is 11.4 Å². The van der Waals surface area contributed by atoms with Gasteiger partial charge in [0.1, 0.15) is 0 Å². The van der Waals surface area contributed by atoms with Crippen molar-refractivity contribution in [1.29, 1.82) is 0 Å². The number of rotatable bonds is 9. The van der Waals surface area contributed by atoms with Gasteiger partial charge in [0.15, 0.2) is 16.8 Å². The van der Waals surface area contributed by atoms with Gasteiger partial charge in [0.2, 0.25) is 5.91 Å². The number of benzene rings is 2. The maximum absolute atomic E-state index is 12.8. The smallest absolute Gasteiger partial charge is 0.224 e. The monoisotopic (exact) mass is 457 g/mol. The molecule has 166 valence electrons. The molecule has 8 heteroatoms. The third-order valence-corrected chi connectivity index (χ3v) is 5.95. The summed E-state index contributed by atoms with van der Waals surface area (Å²) in [5.74, 6) is 0.872. The van der Waals surface area contributed by atoms with Crippen LogP contribution in [-0.4, -0.2) is 37.2 Å². The number of amides is 1. The summed E-state index contributed by atoms with van der Waals surface area (Å²) >= 11 is 1.36. The summed E-state index contributed by atoms with van der Waals surface area (Å²) in [5.41, 5.74) is 3.29. The SMILES string of the molecule is CCC(=O)Nc1ccc(C(=O)CSc2nnc(-c3ccncc3)n2Cc2ccccc2)cc1. The maximum Gasteiger partial charge on any atom is 0.224 e. The quantitative estimate of drug-likeness (QED) is 0.289. The van der Waals surface area contributed by atoms with Crippen molar-refractivity contribution in [3.05, 3.63) is 90.3 Å². The van der Waals surface area contributed by atoms with Gasteiger partial charge in [0.25, 0.3) is 0 Å². The van der Waals surface area contributed by atoms with Crippen molar-refractivity contribution in [2.45, 2.75) is 25.0 Å². The molecule has 0 unspecified atom stereocenters. The summed E-state index contributed by atoms with van der Waals surface area (Å²) in [6, 6.07) is 20.8. The number of hydrogen-bond donors (Lipinski definition) is 1. The fourth-order valence-electron chi connectivity index (χ4n) is 3.22.